The van der Waals surface area contributed by atoms with E-state index in [0.29, 0.717) is 26.5 Å². The number of sulfone groups is 1. The number of imidazole rings is 1. The number of benzene rings is 7. The van der Waals surface area contributed by atoms with Gasteiger partial charge in [-0.15, -0.1) is 0 Å². The zero-order chi connectivity index (χ0) is 30.3. The Morgan fingerprint density at radius 2 is 1.07 bits per heavy atom. The van der Waals surface area contributed by atoms with Crippen LogP contribution in [0.4, 0.5) is 0 Å². The minimum absolute atomic E-state index is 0.300. The summed E-state index contributed by atoms with van der Waals surface area (Å²) in [5.74, 6) is 0.763. The number of hydrogen-bond acceptors (Lipinski definition) is 3. The van der Waals surface area contributed by atoms with Crippen molar-refractivity contribution in [3.05, 3.63) is 145 Å². The van der Waals surface area contributed by atoms with Crippen LogP contribution in [0, 0.1) is 6.92 Å². The molecule has 8 aromatic rings. The van der Waals surface area contributed by atoms with E-state index in [1.807, 2.05) is 35.8 Å². The molecule has 1 aliphatic rings. The van der Waals surface area contributed by atoms with Gasteiger partial charge in [0.05, 0.1) is 26.5 Å². The Morgan fingerprint density at radius 3 is 1.73 bits per heavy atom. The highest BCUT2D eigenvalue weighted by Gasteiger charge is 2.33. The van der Waals surface area contributed by atoms with Gasteiger partial charge in [0.1, 0.15) is 5.82 Å². The SMILES string of the molecule is Cc1nc2cccc3c2n1-c1ccc(-c2c4ccccc4c(-c4cccc(-c5ccccc5)c4)c4ccccc24)cc1S3(=O)=O. The molecule has 0 spiro atoms. The van der Waals surface area contributed by atoms with E-state index in [0.717, 1.165) is 49.6 Å². The number of nitrogens with zero attached hydrogens (tertiary/aromatic N) is 2. The monoisotopic (exact) mass is 598 g/mol. The molecule has 0 N–H and O–H groups in total. The lowest BCUT2D eigenvalue weighted by atomic mass is 9.85. The summed E-state index contributed by atoms with van der Waals surface area (Å²) in [6, 6.07) is 47.2. The number of aryl methyl sites for hydroxylation is 1. The normalized spacial score (nSPS) is 13.4. The maximum Gasteiger partial charge on any atom is 0.210 e. The van der Waals surface area contributed by atoms with Crippen molar-refractivity contribution in [1.82, 2.24) is 9.55 Å². The first-order valence-electron chi connectivity index (χ1n) is 15.0. The molecule has 2 heterocycles. The maximum absolute atomic E-state index is 14.1. The molecule has 0 radical (unpaired) electrons. The largest absolute Gasteiger partial charge is 0.294 e. The van der Waals surface area contributed by atoms with Crippen LogP contribution in [0.3, 0.4) is 0 Å². The van der Waals surface area contributed by atoms with Gasteiger partial charge in [-0.1, -0.05) is 109 Å². The van der Waals surface area contributed by atoms with Crippen molar-refractivity contribution in [2.75, 3.05) is 0 Å². The van der Waals surface area contributed by atoms with E-state index < -0.39 is 9.84 Å². The average molecular weight is 599 g/mol. The second-order valence-corrected chi connectivity index (χ2v) is 13.5. The van der Waals surface area contributed by atoms with Crippen LogP contribution in [0.15, 0.2) is 149 Å². The number of hydrogen-bond donors (Lipinski definition) is 0. The predicted octanol–water partition coefficient (Wildman–Crippen LogP) is 9.79. The van der Waals surface area contributed by atoms with E-state index in [1.54, 1.807) is 12.1 Å². The summed E-state index contributed by atoms with van der Waals surface area (Å²) in [5.41, 5.74) is 8.50. The highest BCUT2D eigenvalue weighted by atomic mass is 32.2. The first kappa shape index (κ1) is 25.9. The van der Waals surface area contributed by atoms with Gasteiger partial charge in [-0.25, -0.2) is 13.4 Å². The molecule has 0 bridgehead atoms. The molecule has 0 atom stereocenters. The molecule has 0 fully saturated rings. The van der Waals surface area contributed by atoms with Crippen molar-refractivity contribution in [3.8, 4) is 39.1 Å². The Morgan fingerprint density at radius 1 is 0.511 bits per heavy atom. The summed E-state index contributed by atoms with van der Waals surface area (Å²) in [4.78, 5) is 5.27. The van der Waals surface area contributed by atoms with Crippen molar-refractivity contribution in [2.45, 2.75) is 16.7 Å². The van der Waals surface area contributed by atoms with E-state index in [9.17, 15) is 8.42 Å². The average Bonchev–Trinajstić information content (AvgIpc) is 3.42. The Bertz CT molecular complexity index is 2560. The minimum Gasteiger partial charge on any atom is -0.294 e. The van der Waals surface area contributed by atoms with Crippen molar-refractivity contribution < 1.29 is 8.42 Å². The molecule has 4 nitrogen and oxygen atoms in total. The summed E-state index contributed by atoms with van der Waals surface area (Å²) < 4.78 is 30.3. The summed E-state index contributed by atoms with van der Waals surface area (Å²) in [5, 5.41) is 4.39. The molecule has 0 saturated carbocycles. The molecule has 1 aliphatic heterocycles. The smallest absolute Gasteiger partial charge is 0.210 e. The second kappa shape index (κ2) is 9.49. The Balaban J connectivity index is 1.33. The lowest BCUT2D eigenvalue weighted by molar-refractivity contribution is 0.594. The third kappa shape index (κ3) is 3.71. The fourth-order valence-electron chi connectivity index (χ4n) is 7.15. The summed E-state index contributed by atoms with van der Waals surface area (Å²) in [6.07, 6.45) is 0. The van der Waals surface area contributed by atoms with Gasteiger partial charge < -0.3 is 0 Å². The quantitative estimate of drug-likeness (QED) is 0.190. The maximum atomic E-state index is 14.1. The lowest BCUT2D eigenvalue weighted by Crippen LogP contribution is -2.15. The summed E-state index contributed by atoms with van der Waals surface area (Å²) in [6.45, 7) is 1.92. The van der Waals surface area contributed by atoms with Gasteiger partial charge in [0.25, 0.3) is 0 Å². The molecule has 0 aliphatic carbocycles. The van der Waals surface area contributed by atoms with Crippen LogP contribution in [0.1, 0.15) is 5.82 Å². The van der Waals surface area contributed by atoms with Crippen LogP contribution >= 0.6 is 0 Å². The molecule has 5 heteroatoms. The van der Waals surface area contributed by atoms with Crippen molar-refractivity contribution in [2.24, 2.45) is 0 Å². The zero-order valence-electron chi connectivity index (χ0n) is 24.4. The lowest BCUT2D eigenvalue weighted by Gasteiger charge is -2.22. The Kier molecular flexibility index (Phi) is 5.47. The zero-order valence-corrected chi connectivity index (χ0v) is 25.2. The van der Waals surface area contributed by atoms with Crippen LogP contribution < -0.4 is 0 Å². The molecule has 214 valence electrons. The Labute approximate surface area is 260 Å². The van der Waals surface area contributed by atoms with Gasteiger partial charge in [0, 0.05) is 0 Å². The van der Waals surface area contributed by atoms with Crippen molar-refractivity contribution >= 4 is 42.4 Å². The summed E-state index contributed by atoms with van der Waals surface area (Å²) in [7, 11) is -3.77. The van der Waals surface area contributed by atoms with E-state index in [-0.39, 0.29) is 0 Å². The fourth-order valence-corrected chi connectivity index (χ4v) is 8.81. The molecule has 0 saturated heterocycles. The molecule has 0 unspecified atom stereocenters. The third-order valence-corrected chi connectivity index (χ3v) is 10.9. The van der Waals surface area contributed by atoms with Gasteiger partial charge in [-0.3, -0.25) is 4.57 Å². The molecule has 9 rings (SSSR count). The molecular weight excluding hydrogens is 573 g/mol. The topological polar surface area (TPSA) is 52.0 Å². The second-order valence-electron chi connectivity index (χ2n) is 11.6. The molecule has 1 aromatic heterocycles. The van der Waals surface area contributed by atoms with Crippen LogP contribution in [-0.2, 0) is 9.84 Å². The number of para-hydroxylation sites is 1. The van der Waals surface area contributed by atoms with Crippen LogP contribution in [0.5, 0.6) is 0 Å². The molecule has 7 aromatic carbocycles. The van der Waals surface area contributed by atoms with E-state index in [1.165, 1.54) is 11.1 Å². The van der Waals surface area contributed by atoms with E-state index in [2.05, 4.69) is 108 Å². The van der Waals surface area contributed by atoms with Crippen LogP contribution in [0.2, 0.25) is 0 Å². The third-order valence-electron chi connectivity index (χ3n) is 9.07. The van der Waals surface area contributed by atoms with Crippen LogP contribution in [0.25, 0.3) is 71.6 Å². The van der Waals surface area contributed by atoms with Gasteiger partial charge >= 0.3 is 0 Å². The first-order valence-corrected chi connectivity index (χ1v) is 16.5. The summed E-state index contributed by atoms with van der Waals surface area (Å²) >= 11 is 0. The predicted molar refractivity (Wildman–Crippen MR) is 183 cm³/mol. The molecule has 0 amide bonds. The van der Waals surface area contributed by atoms with Gasteiger partial charge in [-0.2, -0.15) is 0 Å². The van der Waals surface area contributed by atoms with E-state index in [4.69, 9.17) is 0 Å². The number of rotatable bonds is 3. The van der Waals surface area contributed by atoms with Gasteiger partial charge in [0.15, 0.2) is 0 Å². The van der Waals surface area contributed by atoms with Gasteiger partial charge in [-0.05, 0) is 92.2 Å². The standard InChI is InChI=1S/C40H26N2O2S/c1-25-41-34-19-10-20-36-40(34)42(25)35-22-21-29(24-37(35)45(36,43)44)39-32-17-7-5-15-30(32)38(31-16-6-8-18-33(31)39)28-14-9-13-27(23-28)26-11-3-2-4-12-26/h2-24H,1H3. The molecule has 45 heavy (non-hydrogen) atoms. The first-order chi connectivity index (χ1) is 22.0. The number of aromatic nitrogens is 2. The van der Waals surface area contributed by atoms with Gasteiger partial charge in [0.2, 0.25) is 9.84 Å². The minimum atomic E-state index is -3.77. The highest BCUT2D eigenvalue weighted by Crippen LogP contribution is 2.46. The molecular formula is C40H26N2O2S. The number of fused-ring (bicyclic) bond motifs is 4. The van der Waals surface area contributed by atoms with E-state index >= 15 is 0 Å². The Hall–Kier alpha value is -5.52. The fraction of sp³-hybridized carbons (Fsp3) is 0.0250. The van der Waals surface area contributed by atoms with Crippen LogP contribution in [-0.4, -0.2) is 18.0 Å². The van der Waals surface area contributed by atoms with Crippen molar-refractivity contribution in [1.29, 1.82) is 0 Å². The highest BCUT2D eigenvalue weighted by molar-refractivity contribution is 7.92. The van der Waals surface area contributed by atoms with Crippen molar-refractivity contribution in [3.63, 3.8) is 0 Å².